The van der Waals surface area contributed by atoms with E-state index in [0.29, 0.717) is 76.1 Å². The molecular weight excluding hydrogens is 620 g/mol. The maximum Gasteiger partial charge on any atom is 0.252 e. The van der Waals surface area contributed by atoms with Gasteiger partial charge >= 0.3 is 0 Å². The van der Waals surface area contributed by atoms with Gasteiger partial charge in [-0.05, 0) is 67.1 Å². The number of para-hydroxylation sites is 2. The zero-order valence-corrected chi connectivity index (χ0v) is 27.7. The molecule has 49 heavy (non-hydrogen) atoms. The number of carbonyl (C=O) groups is 2. The van der Waals surface area contributed by atoms with Crippen molar-refractivity contribution in [1.82, 2.24) is 20.6 Å². The first-order valence-corrected chi connectivity index (χ1v) is 15.7. The number of nitrogens with zero attached hydrogens (tertiary/aromatic N) is 2. The summed E-state index contributed by atoms with van der Waals surface area (Å²) >= 11 is 0. The summed E-state index contributed by atoms with van der Waals surface area (Å²) in [5, 5.41) is 7.51. The smallest absolute Gasteiger partial charge is 0.252 e. The summed E-state index contributed by atoms with van der Waals surface area (Å²) in [7, 11) is 6.32. The second kappa shape index (κ2) is 14.7. The number of carbonyl (C=O) groups excluding carboxylic acids is 2. The van der Waals surface area contributed by atoms with Crippen molar-refractivity contribution >= 4 is 33.6 Å². The number of methoxy groups -OCH3 is 4. The first-order valence-electron chi connectivity index (χ1n) is 15.7. The summed E-state index contributed by atoms with van der Waals surface area (Å²) in [5.41, 5.74) is 5.25. The van der Waals surface area contributed by atoms with E-state index in [-0.39, 0.29) is 11.8 Å². The van der Waals surface area contributed by atoms with E-state index in [4.69, 9.17) is 28.9 Å². The zero-order valence-electron chi connectivity index (χ0n) is 27.7. The lowest BCUT2D eigenvalue weighted by molar-refractivity contribution is 0.0953. The molecule has 0 spiro atoms. The summed E-state index contributed by atoms with van der Waals surface area (Å²) < 4.78 is 21.7. The number of pyridine rings is 2. The Balaban J connectivity index is 1.15. The molecule has 0 radical (unpaired) electrons. The Kier molecular flexibility index (Phi) is 9.85. The van der Waals surface area contributed by atoms with E-state index < -0.39 is 0 Å². The molecule has 0 fully saturated rings. The zero-order chi connectivity index (χ0) is 34.3. The van der Waals surface area contributed by atoms with Gasteiger partial charge in [-0.15, -0.1) is 0 Å². The molecule has 0 atom stereocenters. The Morgan fingerprint density at radius 1 is 0.531 bits per heavy atom. The molecule has 0 aliphatic heterocycles. The number of benzene rings is 4. The molecule has 0 aliphatic carbocycles. The van der Waals surface area contributed by atoms with Gasteiger partial charge < -0.3 is 29.6 Å². The fourth-order valence-electron chi connectivity index (χ4n) is 5.70. The second-order valence-electron chi connectivity index (χ2n) is 11.1. The largest absolute Gasteiger partial charge is 0.493 e. The topological polar surface area (TPSA) is 121 Å². The molecule has 6 aromatic rings. The number of nitrogens with one attached hydrogen (secondary N) is 2. The molecule has 0 aliphatic rings. The molecule has 0 bridgehead atoms. The van der Waals surface area contributed by atoms with Crippen LogP contribution in [0.2, 0.25) is 0 Å². The molecule has 0 saturated carbocycles. The fraction of sp³-hybridized carbons (Fsp3) is 0.179. The lowest BCUT2D eigenvalue weighted by atomic mass is 10.0. The van der Waals surface area contributed by atoms with E-state index in [1.54, 1.807) is 40.6 Å². The van der Waals surface area contributed by atoms with E-state index in [1.807, 2.05) is 84.9 Å². The third kappa shape index (κ3) is 6.94. The van der Waals surface area contributed by atoms with Crippen molar-refractivity contribution in [2.24, 2.45) is 0 Å². The van der Waals surface area contributed by atoms with Crippen molar-refractivity contribution in [3.8, 4) is 45.5 Å². The van der Waals surface area contributed by atoms with Gasteiger partial charge in [0, 0.05) is 35.0 Å². The van der Waals surface area contributed by atoms with Gasteiger partial charge in [-0.2, -0.15) is 0 Å². The number of hydrogen-bond acceptors (Lipinski definition) is 8. The first-order chi connectivity index (χ1) is 23.9. The fourth-order valence-corrected chi connectivity index (χ4v) is 5.70. The summed E-state index contributed by atoms with van der Waals surface area (Å²) in [6.45, 7) is 0.713. The van der Waals surface area contributed by atoms with Crippen LogP contribution in [0.15, 0.2) is 97.1 Å². The van der Waals surface area contributed by atoms with Crippen LogP contribution in [0.3, 0.4) is 0 Å². The number of hydrogen-bond donors (Lipinski definition) is 2. The van der Waals surface area contributed by atoms with Gasteiger partial charge in [-0.3, -0.25) is 9.59 Å². The van der Waals surface area contributed by atoms with Gasteiger partial charge in [-0.1, -0.05) is 36.4 Å². The molecule has 6 rings (SSSR count). The van der Waals surface area contributed by atoms with Crippen molar-refractivity contribution in [2.75, 3.05) is 41.5 Å². The molecule has 10 nitrogen and oxygen atoms in total. The second-order valence-corrected chi connectivity index (χ2v) is 11.1. The minimum atomic E-state index is -0.230. The Hall–Kier alpha value is -6.16. The van der Waals surface area contributed by atoms with Crippen LogP contribution in [0.4, 0.5) is 0 Å². The predicted octanol–water partition coefficient (Wildman–Crippen LogP) is 6.70. The third-order valence-corrected chi connectivity index (χ3v) is 8.20. The van der Waals surface area contributed by atoms with Crippen LogP contribution in [-0.4, -0.2) is 63.3 Å². The van der Waals surface area contributed by atoms with Gasteiger partial charge in [0.25, 0.3) is 11.8 Å². The van der Waals surface area contributed by atoms with Crippen molar-refractivity contribution in [2.45, 2.75) is 6.42 Å². The minimum absolute atomic E-state index is 0.230. The standard InChI is InChI=1S/C39H36N4O6/c1-46-34-16-14-24(20-36(34)48-3)32-22-28(26-10-5-7-12-30(26)42-32)38(44)40-18-9-19-41-39(45)29-23-33(43-31-13-8-6-11-27(29)31)25-15-17-35(47-2)37(21-25)49-4/h5-8,10-17,20-23H,9,18-19H2,1-4H3,(H,40,44)(H,41,45). The van der Waals surface area contributed by atoms with E-state index in [9.17, 15) is 9.59 Å². The lowest BCUT2D eigenvalue weighted by Gasteiger charge is -2.13. The Morgan fingerprint density at radius 2 is 0.939 bits per heavy atom. The van der Waals surface area contributed by atoms with Crippen LogP contribution in [0, 0.1) is 0 Å². The molecule has 2 amide bonds. The van der Waals surface area contributed by atoms with Gasteiger partial charge in [0.05, 0.1) is 62.0 Å². The highest BCUT2D eigenvalue weighted by molar-refractivity contribution is 6.08. The van der Waals surface area contributed by atoms with E-state index >= 15 is 0 Å². The highest BCUT2D eigenvalue weighted by atomic mass is 16.5. The van der Waals surface area contributed by atoms with Crippen LogP contribution < -0.4 is 29.6 Å². The molecule has 0 unspecified atom stereocenters. The number of rotatable bonds is 12. The van der Waals surface area contributed by atoms with Crippen LogP contribution >= 0.6 is 0 Å². The average molecular weight is 657 g/mol. The van der Waals surface area contributed by atoms with Crippen molar-refractivity contribution in [3.63, 3.8) is 0 Å². The molecule has 248 valence electrons. The highest BCUT2D eigenvalue weighted by Crippen LogP contribution is 2.34. The summed E-state index contributed by atoms with van der Waals surface area (Å²) in [4.78, 5) is 36.6. The Morgan fingerprint density at radius 3 is 1.35 bits per heavy atom. The first kappa shape index (κ1) is 32.8. The van der Waals surface area contributed by atoms with Crippen LogP contribution in [-0.2, 0) is 0 Å². The van der Waals surface area contributed by atoms with Crippen LogP contribution in [0.5, 0.6) is 23.0 Å². The number of aromatic nitrogens is 2. The average Bonchev–Trinajstić information content (AvgIpc) is 3.15. The van der Waals surface area contributed by atoms with Crippen LogP contribution in [0.25, 0.3) is 44.3 Å². The molecule has 0 saturated heterocycles. The molecule has 2 N–H and O–H groups in total. The lowest BCUT2D eigenvalue weighted by Crippen LogP contribution is -2.30. The van der Waals surface area contributed by atoms with E-state index in [0.717, 1.165) is 21.9 Å². The minimum Gasteiger partial charge on any atom is -0.493 e. The number of ether oxygens (including phenoxy) is 4. The summed E-state index contributed by atoms with van der Waals surface area (Å²) in [5.74, 6) is 1.89. The highest BCUT2D eigenvalue weighted by Gasteiger charge is 2.17. The van der Waals surface area contributed by atoms with Crippen molar-refractivity contribution < 1.29 is 28.5 Å². The maximum absolute atomic E-state index is 13.5. The van der Waals surface area contributed by atoms with Gasteiger partial charge in [0.1, 0.15) is 0 Å². The molecular formula is C39H36N4O6. The van der Waals surface area contributed by atoms with Crippen molar-refractivity contribution in [1.29, 1.82) is 0 Å². The van der Waals surface area contributed by atoms with Crippen molar-refractivity contribution in [3.05, 3.63) is 108 Å². The monoisotopic (exact) mass is 656 g/mol. The van der Waals surface area contributed by atoms with Gasteiger partial charge in [0.2, 0.25) is 0 Å². The summed E-state index contributed by atoms with van der Waals surface area (Å²) in [6.07, 6.45) is 0.522. The van der Waals surface area contributed by atoms with E-state index in [2.05, 4.69) is 10.6 Å². The quantitative estimate of drug-likeness (QED) is 0.140. The molecule has 2 heterocycles. The number of fused-ring (bicyclic) bond motifs is 2. The van der Waals surface area contributed by atoms with Gasteiger partial charge in [0.15, 0.2) is 23.0 Å². The van der Waals surface area contributed by atoms with Crippen LogP contribution in [0.1, 0.15) is 27.1 Å². The molecule has 4 aromatic carbocycles. The third-order valence-electron chi connectivity index (χ3n) is 8.20. The predicted molar refractivity (Wildman–Crippen MR) is 190 cm³/mol. The molecule has 2 aromatic heterocycles. The Bertz CT molecular complexity index is 2010. The van der Waals surface area contributed by atoms with Gasteiger partial charge in [-0.25, -0.2) is 9.97 Å². The summed E-state index contributed by atoms with van der Waals surface area (Å²) in [6, 6.07) is 29.7. The maximum atomic E-state index is 13.5. The van der Waals surface area contributed by atoms with E-state index in [1.165, 1.54) is 0 Å². The SMILES string of the molecule is COc1ccc(-c2cc(C(=O)NCCCNC(=O)c3cc(-c4ccc(OC)c(OC)c4)nc4ccccc34)c3ccccc3n2)cc1OC. The number of amides is 2. The molecule has 10 heteroatoms. The Labute approximate surface area is 284 Å². The normalized spacial score (nSPS) is 10.9.